The third-order valence-electron chi connectivity index (χ3n) is 10.4. The minimum atomic E-state index is 0.709. The van der Waals surface area contributed by atoms with Gasteiger partial charge in [-0.15, -0.1) is 0 Å². The van der Waals surface area contributed by atoms with Crippen LogP contribution in [0.5, 0.6) is 0 Å². The van der Waals surface area contributed by atoms with Crippen LogP contribution in [0, 0.1) is 47.3 Å². The van der Waals surface area contributed by atoms with Gasteiger partial charge in [-0.05, 0) is 109 Å². The molecule has 0 aliphatic carbocycles. The zero-order chi connectivity index (χ0) is 28.8. The molecule has 222 valence electrons. The summed E-state index contributed by atoms with van der Waals surface area (Å²) in [6.07, 6.45) is 1.40. The average molecular weight is 522 g/mol. The maximum absolute atomic E-state index is 2.65. The smallest absolute Gasteiger partial charge is 0.00986 e. The SMILES string of the molecule is CC(C)C1CC(C)N(C(C)C)C1.CC(C)C1CN(C(C)C)C(C)C1C.CC(C)C1CN(C(C)C)CC1C. The van der Waals surface area contributed by atoms with Crippen molar-refractivity contribution in [2.75, 3.05) is 26.2 Å². The van der Waals surface area contributed by atoms with Gasteiger partial charge in [-0.3, -0.25) is 9.80 Å². The summed E-state index contributed by atoms with van der Waals surface area (Å²) in [6.45, 7) is 42.8. The third kappa shape index (κ3) is 10.1. The molecule has 0 bridgehead atoms. The van der Waals surface area contributed by atoms with E-state index in [-0.39, 0.29) is 0 Å². The minimum absolute atomic E-state index is 0.709. The molecular formula is C34H71N3. The quantitative estimate of drug-likeness (QED) is 0.347. The lowest BCUT2D eigenvalue weighted by Crippen LogP contribution is -2.35. The highest BCUT2D eigenvalue weighted by Crippen LogP contribution is 2.35. The van der Waals surface area contributed by atoms with Crippen molar-refractivity contribution >= 4 is 0 Å². The normalized spacial score (nSPS) is 33.7. The fourth-order valence-electron chi connectivity index (χ4n) is 7.36. The van der Waals surface area contributed by atoms with Crippen molar-refractivity contribution in [3.8, 4) is 0 Å². The van der Waals surface area contributed by atoms with Gasteiger partial charge in [0.25, 0.3) is 0 Å². The van der Waals surface area contributed by atoms with Crippen molar-refractivity contribution in [2.45, 2.75) is 147 Å². The summed E-state index contributed by atoms with van der Waals surface area (Å²) in [6, 6.07) is 3.74. The second-order valence-corrected chi connectivity index (χ2v) is 15.1. The number of hydrogen-bond acceptors (Lipinski definition) is 3. The Hall–Kier alpha value is -0.120. The van der Waals surface area contributed by atoms with Crippen LogP contribution in [0.2, 0.25) is 0 Å². The van der Waals surface area contributed by atoms with Crippen molar-refractivity contribution < 1.29 is 0 Å². The zero-order valence-electron chi connectivity index (χ0n) is 28.4. The van der Waals surface area contributed by atoms with E-state index in [1.165, 1.54) is 32.6 Å². The predicted molar refractivity (Wildman–Crippen MR) is 167 cm³/mol. The first kappa shape index (κ1) is 34.9. The van der Waals surface area contributed by atoms with Gasteiger partial charge in [0.1, 0.15) is 0 Å². The summed E-state index contributed by atoms with van der Waals surface area (Å²) in [5.74, 6) is 7.06. The molecule has 3 saturated heterocycles. The highest BCUT2D eigenvalue weighted by atomic mass is 15.2. The topological polar surface area (TPSA) is 9.72 Å². The first-order valence-electron chi connectivity index (χ1n) is 16.2. The predicted octanol–water partition coefficient (Wildman–Crippen LogP) is 8.39. The summed E-state index contributed by atoms with van der Waals surface area (Å²) in [5, 5.41) is 0. The summed E-state index contributed by atoms with van der Waals surface area (Å²) in [4.78, 5) is 7.88. The zero-order valence-corrected chi connectivity index (χ0v) is 28.4. The molecule has 0 saturated carbocycles. The summed E-state index contributed by atoms with van der Waals surface area (Å²) >= 11 is 0. The van der Waals surface area contributed by atoms with Gasteiger partial charge in [0, 0.05) is 56.4 Å². The van der Waals surface area contributed by atoms with E-state index in [0.29, 0.717) is 6.04 Å². The van der Waals surface area contributed by atoms with E-state index in [2.05, 4.69) is 125 Å². The van der Waals surface area contributed by atoms with Gasteiger partial charge in [0.2, 0.25) is 0 Å². The highest BCUT2D eigenvalue weighted by molar-refractivity contribution is 4.91. The first-order chi connectivity index (χ1) is 17.0. The van der Waals surface area contributed by atoms with Gasteiger partial charge in [-0.1, -0.05) is 55.4 Å². The van der Waals surface area contributed by atoms with E-state index in [0.717, 1.165) is 71.5 Å². The number of hydrogen-bond donors (Lipinski definition) is 0. The van der Waals surface area contributed by atoms with Crippen LogP contribution in [0.4, 0.5) is 0 Å². The van der Waals surface area contributed by atoms with Crippen LogP contribution in [0.3, 0.4) is 0 Å². The minimum Gasteiger partial charge on any atom is -0.300 e. The summed E-state index contributed by atoms with van der Waals surface area (Å²) < 4.78 is 0. The molecule has 0 aromatic heterocycles. The Kier molecular flexibility index (Phi) is 14.7. The van der Waals surface area contributed by atoms with Crippen LogP contribution in [-0.4, -0.2) is 71.1 Å². The first-order valence-corrected chi connectivity index (χ1v) is 16.2. The average Bonchev–Trinajstić information content (AvgIpc) is 3.45. The Morgan fingerprint density at radius 1 is 0.514 bits per heavy atom. The lowest BCUT2D eigenvalue weighted by molar-refractivity contribution is 0.199. The van der Waals surface area contributed by atoms with E-state index in [9.17, 15) is 0 Å². The van der Waals surface area contributed by atoms with Gasteiger partial charge in [0.05, 0.1) is 0 Å². The van der Waals surface area contributed by atoms with Gasteiger partial charge in [-0.2, -0.15) is 0 Å². The molecule has 0 radical (unpaired) electrons. The molecule has 0 N–H and O–H groups in total. The Balaban J connectivity index is 0.000000278. The van der Waals surface area contributed by atoms with Gasteiger partial charge < -0.3 is 4.90 Å². The monoisotopic (exact) mass is 522 g/mol. The van der Waals surface area contributed by atoms with Crippen LogP contribution < -0.4 is 0 Å². The Morgan fingerprint density at radius 3 is 1.27 bits per heavy atom. The molecule has 3 heteroatoms. The molecule has 3 aliphatic heterocycles. The molecule has 0 aromatic carbocycles. The lowest BCUT2D eigenvalue weighted by atomic mass is 9.85. The molecule has 0 aromatic rings. The maximum atomic E-state index is 2.65. The Labute approximate surface area is 235 Å². The number of nitrogens with zero attached hydrogens (tertiary/aromatic N) is 3. The number of likely N-dealkylation sites (tertiary alicyclic amines) is 3. The highest BCUT2D eigenvalue weighted by Gasteiger charge is 2.38. The van der Waals surface area contributed by atoms with Crippen LogP contribution in [0.15, 0.2) is 0 Å². The maximum Gasteiger partial charge on any atom is 0.00986 e. The molecular weight excluding hydrogens is 450 g/mol. The van der Waals surface area contributed by atoms with Crippen LogP contribution in [0.25, 0.3) is 0 Å². The fourth-order valence-corrected chi connectivity index (χ4v) is 7.36. The van der Waals surface area contributed by atoms with E-state index in [1.807, 2.05) is 0 Å². The Morgan fingerprint density at radius 2 is 1.03 bits per heavy atom. The molecule has 7 atom stereocenters. The largest absolute Gasteiger partial charge is 0.300 e. The van der Waals surface area contributed by atoms with E-state index in [1.54, 1.807) is 0 Å². The van der Waals surface area contributed by atoms with Gasteiger partial charge >= 0.3 is 0 Å². The van der Waals surface area contributed by atoms with Crippen LogP contribution in [0.1, 0.15) is 117 Å². The van der Waals surface area contributed by atoms with E-state index in [4.69, 9.17) is 0 Å². The standard InChI is InChI=1S/C12H25N.2C11H23N/c1-8(2)12-7-13(9(3)4)11(6)10(12)5;1-8(2)11-7-12(9(3)4)6-10(11)5;1-8(2)11-6-10(5)12(7-11)9(3)4/h8-12H,7H2,1-6H3;2*8-11H,6-7H2,1-5H3. The molecule has 0 amide bonds. The lowest BCUT2D eigenvalue weighted by Gasteiger charge is -2.26. The van der Waals surface area contributed by atoms with Crippen molar-refractivity contribution in [2.24, 2.45) is 47.3 Å². The van der Waals surface area contributed by atoms with E-state index >= 15 is 0 Å². The summed E-state index contributed by atoms with van der Waals surface area (Å²) in [5.41, 5.74) is 0. The van der Waals surface area contributed by atoms with Gasteiger partial charge in [0.15, 0.2) is 0 Å². The molecule has 7 unspecified atom stereocenters. The van der Waals surface area contributed by atoms with Gasteiger partial charge in [-0.25, -0.2) is 0 Å². The van der Waals surface area contributed by atoms with E-state index < -0.39 is 0 Å². The molecule has 3 nitrogen and oxygen atoms in total. The van der Waals surface area contributed by atoms with Crippen molar-refractivity contribution in [3.63, 3.8) is 0 Å². The summed E-state index contributed by atoms with van der Waals surface area (Å²) in [7, 11) is 0. The van der Waals surface area contributed by atoms with Crippen LogP contribution in [-0.2, 0) is 0 Å². The molecule has 3 fully saturated rings. The second-order valence-electron chi connectivity index (χ2n) is 15.1. The third-order valence-corrected chi connectivity index (χ3v) is 10.4. The fraction of sp³-hybridized carbons (Fsp3) is 1.00. The molecule has 3 heterocycles. The molecule has 3 rings (SSSR count). The van der Waals surface area contributed by atoms with Crippen molar-refractivity contribution in [3.05, 3.63) is 0 Å². The molecule has 37 heavy (non-hydrogen) atoms. The molecule has 3 aliphatic rings. The van der Waals surface area contributed by atoms with Crippen molar-refractivity contribution in [1.82, 2.24) is 14.7 Å². The number of rotatable bonds is 6. The second kappa shape index (κ2) is 15.6. The Bertz CT molecular complexity index is 558. The van der Waals surface area contributed by atoms with Crippen molar-refractivity contribution in [1.29, 1.82) is 0 Å². The molecule has 0 spiro atoms. The van der Waals surface area contributed by atoms with Crippen LogP contribution >= 0.6 is 0 Å².